The van der Waals surface area contributed by atoms with Gasteiger partial charge in [-0.2, -0.15) is 5.10 Å². The molecule has 0 bridgehead atoms. The lowest BCUT2D eigenvalue weighted by Gasteiger charge is -2.18. The number of hydrogen-bond acceptors (Lipinski definition) is 2. The minimum atomic E-state index is 0.736. The molecule has 0 saturated heterocycles. The average molecular weight is 221 g/mol. The summed E-state index contributed by atoms with van der Waals surface area (Å²) in [6, 6.07) is 0. The fourth-order valence-electron chi connectivity index (χ4n) is 2.79. The van der Waals surface area contributed by atoms with Crippen molar-refractivity contribution < 1.29 is 0 Å². The Balaban J connectivity index is 2.01. The molecule has 1 saturated carbocycles. The first-order valence-electron chi connectivity index (χ1n) is 6.58. The molecular formula is C13H23N3. The minimum absolute atomic E-state index is 0.736. The van der Waals surface area contributed by atoms with E-state index in [1.807, 2.05) is 4.68 Å². The molecule has 0 aromatic carbocycles. The standard InChI is InChI=1S/C13H23N3/c1-3-14-8-11-6-5-7-13(11)12-9-15-16(4-2)10-12/h9-11,13-14H,3-8H2,1-2H3. The van der Waals surface area contributed by atoms with Crippen molar-refractivity contribution >= 4 is 0 Å². The molecule has 0 aliphatic heterocycles. The zero-order valence-corrected chi connectivity index (χ0v) is 10.4. The van der Waals surface area contributed by atoms with Crippen molar-refractivity contribution in [2.24, 2.45) is 5.92 Å². The van der Waals surface area contributed by atoms with Gasteiger partial charge >= 0.3 is 0 Å². The highest BCUT2D eigenvalue weighted by molar-refractivity contribution is 5.14. The number of aryl methyl sites for hydroxylation is 1. The molecule has 16 heavy (non-hydrogen) atoms. The molecule has 2 unspecified atom stereocenters. The largest absolute Gasteiger partial charge is 0.317 e. The summed E-state index contributed by atoms with van der Waals surface area (Å²) >= 11 is 0. The first-order valence-corrected chi connectivity index (χ1v) is 6.58. The van der Waals surface area contributed by atoms with E-state index in [1.54, 1.807) is 0 Å². The molecule has 2 rings (SSSR count). The summed E-state index contributed by atoms with van der Waals surface area (Å²) in [7, 11) is 0. The van der Waals surface area contributed by atoms with Gasteiger partial charge in [0, 0.05) is 12.7 Å². The summed E-state index contributed by atoms with van der Waals surface area (Å²) in [5.74, 6) is 1.55. The topological polar surface area (TPSA) is 29.9 Å². The van der Waals surface area contributed by atoms with Gasteiger partial charge in [-0.15, -0.1) is 0 Å². The Morgan fingerprint density at radius 2 is 2.31 bits per heavy atom. The third-order valence-corrected chi connectivity index (χ3v) is 3.72. The van der Waals surface area contributed by atoms with Crippen molar-refractivity contribution in [2.75, 3.05) is 13.1 Å². The maximum Gasteiger partial charge on any atom is 0.0524 e. The van der Waals surface area contributed by atoms with Crippen molar-refractivity contribution in [3.63, 3.8) is 0 Å². The monoisotopic (exact) mass is 221 g/mol. The van der Waals surface area contributed by atoms with Gasteiger partial charge in [-0.05, 0) is 50.3 Å². The first kappa shape index (κ1) is 11.6. The fraction of sp³-hybridized carbons (Fsp3) is 0.769. The maximum atomic E-state index is 4.39. The van der Waals surface area contributed by atoms with Gasteiger partial charge in [-0.25, -0.2) is 0 Å². The number of nitrogens with zero attached hydrogens (tertiary/aromatic N) is 2. The second kappa shape index (κ2) is 5.48. The third kappa shape index (κ3) is 2.46. The van der Waals surface area contributed by atoms with Crippen molar-refractivity contribution in [3.05, 3.63) is 18.0 Å². The Morgan fingerprint density at radius 1 is 1.44 bits per heavy atom. The summed E-state index contributed by atoms with van der Waals surface area (Å²) in [5.41, 5.74) is 1.45. The molecule has 1 N–H and O–H groups in total. The van der Waals surface area contributed by atoms with Crippen LogP contribution in [0.5, 0.6) is 0 Å². The molecule has 0 spiro atoms. The predicted molar refractivity (Wildman–Crippen MR) is 66.5 cm³/mol. The SMILES string of the molecule is CCNCC1CCCC1c1cnn(CC)c1. The number of hydrogen-bond donors (Lipinski definition) is 1. The molecule has 2 atom stereocenters. The minimum Gasteiger partial charge on any atom is -0.317 e. The van der Waals surface area contributed by atoms with Crippen LogP contribution in [0.25, 0.3) is 0 Å². The summed E-state index contributed by atoms with van der Waals surface area (Å²) in [6.45, 7) is 7.54. The van der Waals surface area contributed by atoms with Crippen molar-refractivity contribution in [2.45, 2.75) is 45.6 Å². The lowest BCUT2D eigenvalue weighted by molar-refractivity contribution is 0.450. The van der Waals surface area contributed by atoms with Crippen LogP contribution >= 0.6 is 0 Å². The van der Waals surface area contributed by atoms with Crippen LogP contribution < -0.4 is 5.32 Å². The lowest BCUT2D eigenvalue weighted by atomic mass is 9.91. The highest BCUT2D eigenvalue weighted by Crippen LogP contribution is 2.38. The highest BCUT2D eigenvalue weighted by atomic mass is 15.3. The Kier molecular flexibility index (Phi) is 3.99. The molecule has 1 aromatic rings. The van der Waals surface area contributed by atoms with E-state index in [-0.39, 0.29) is 0 Å². The number of aromatic nitrogens is 2. The highest BCUT2D eigenvalue weighted by Gasteiger charge is 2.28. The van der Waals surface area contributed by atoms with Crippen molar-refractivity contribution in [1.29, 1.82) is 0 Å². The molecule has 1 heterocycles. The average Bonchev–Trinajstić information content (AvgIpc) is 2.94. The molecule has 1 aliphatic carbocycles. The van der Waals surface area contributed by atoms with Crippen LogP contribution in [-0.2, 0) is 6.54 Å². The zero-order chi connectivity index (χ0) is 11.4. The van der Waals surface area contributed by atoms with E-state index in [9.17, 15) is 0 Å². The molecule has 0 radical (unpaired) electrons. The smallest absolute Gasteiger partial charge is 0.0524 e. The van der Waals surface area contributed by atoms with Gasteiger partial charge in [-0.3, -0.25) is 4.68 Å². The Labute approximate surface area is 98.2 Å². The van der Waals surface area contributed by atoms with Gasteiger partial charge in [0.1, 0.15) is 0 Å². The Bertz CT molecular complexity index is 319. The molecule has 3 nitrogen and oxygen atoms in total. The van der Waals surface area contributed by atoms with Crippen LogP contribution in [0.1, 0.15) is 44.6 Å². The van der Waals surface area contributed by atoms with Gasteiger partial charge in [0.15, 0.2) is 0 Å². The van der Waals surface area contributed by atoms with E-state index in [0.29, 0.717) is 0 Å². The normalized spacial score (nSPS) is 25.1. The first-order chi connectivity index (χ1) is 7.85. The summed E-state index contributed by atoms with van der Waals surface area (Å²) in [5, 5.41) is 7.87. The van der Waals surface area contributed by atoms with E-state index in [4.69, 9.17) is 0 Å². The summed E-state index contributed by atoms with van der Waals surface area (Å²) in [4.78, 5) is 0. The van der Waals surface area contributed by atoms with Crippen LogP contribution in [0, 0.1) is 5.92 Å². The van der Waals surface area contributed by atoms with E-state index >= 15 is 0 Å². The molecule has 1 fully saturated rings. The van der Waals surface area contributed by atoms with Crippen LogP contribution in [0.3, 0.4) is 0 Å². The quantitative estimate of drug-likeness (QED) is 0.827. The molecule has 90 valence electrons. The lowest BCUT2D eigenvalue weighted by Crippen LogP contribution is -2.24. The Morgan fingerprint density at radius 3 is 3.00 bits per heavy atom. The number of nitrogens with one attached hydrogen (secondary N) is 1. The van der Waals surface area contributed by atoms with Crippen LogP contribution in [0.2, 0.25) is 0 Å². The van der Waals surface area contributed by atoms with E-state index in [0.717, 1.165) is 24.9 Å². The zero-order valence-electron chi connectivity index (χ0n) is 10.4. The van der Waals surface area contributed by atoms with E-state index in [1.165, 1.54) is 31.4 Å². The molecule has 0 amide bonds. The maximum absolute atomic E-state index is 4.39. The van der Waals surface area contributed by atoms with Crippen LogP contribution in [-0.4, -0.2) is 22.9 Å². The van der Waals surface area contributed by atoms with Crippen LogP contribution in [0.4, 0.5) is 0 Å². The molecule has 3 heteroatoms. The van der Waals surface area contributed by atoms with Gasteiger partial charge < -0.3 is 5.32 Å². The molecular weight excluding hydrogens is 198 g/mol. The molecule has 1 aliphatic rings. The summed E-state index contributed by atoms with van der Waals surface area (Å²) < 4.78 is 2.04. The van der Waals surface area contributed by atoms with Crippen molar-refractivity contribution in [3.8, 4) is 0 Å². The third-order valence-electron chi connectivity index (χ3n) is 3.72. The van der Waals surface area contributed by atoms with Gasteiger partial charge in [0.05, 0.1) is 6.20 Å². The van der Waals surface area contributed by atoms with Crippen LogP contribution in [0.15, 0.2) is 12.4 Å². The van der Waals surface area contributed by atoms with Gasteiger partial charge in [-0.1, -0.05) is 13.3 Å². The summed E-state index contributed by atoms with van der Waals surface area (Å²) in [6.07, 6.45) is 8.38. The fourth-order valence-corrected chi connectivity index (χ4v) is 2.79. The van der Waals surface area contributed by atoms with Crippen molar-refractivity contribution in [1.82, 2.24) is 15.1 Å². The number of rotatable bonds is 5. The second-order valence-electron chi connectivity index (χ2n) is 4.73. The Hall–Kier alpha value is -0.830. The second-order valence-corrected chi connectivity index (χ2v) is 4.73. The van der Waals surface area contributed by atoms with E-state index in [2.05, 4.69) is 36.7 Å². The van der Waals surface area contributed by atoms with E-state index < -0.39 is 0 Å². The molecule has 1 aromatic heterocycles. The van der Waals surface area contributed by atoms with Gasteiger partial charge in [0.2, 0.25) is 0 Å². The predicted octanol–water partition coefficient (Wildman–Crippen LogP) is 2.40. The van der Waals surface area contributed by atoms with Gasteiger partial charge in [0.25, 0.3) is 0 Å².